The first-order chi connectivity index (χ1) is 8.81. The molecule has 0 fully saturated rings. The zero-order valence-electron chi connectivity index (χ0n) is 10.6. The average Bonchev–Trinajstić information content (AvgIpc) is 2.71. The predicted octanol–water partition coefficient (Wildman–Crippen LogP) is 3.67. The Kier molecular flexibility index (Phi) is 3.87. The number of fused-ring (bicyclic) bond motifs is 3. The summed E-state index contributed by atoms with van der Waals surface area (Å²) in [5, 5.41) is 3.61. The lowest BCUT2D eigenvalue weighted by Crippen LogP contribution is -2.22. The van der Waals surface area contributed by atoms with Crippen molar-refractivity contribution in [3.63, 3.8) is 0 Å². The van der Waals surface area contributed by atoms with Gasteiger partial charge in [-0.1, -0.05) is 22.9 Å². The van der Waals surface area contributed by atoms with Gasteiger partial charge < -0.3 is 10.1 Å². The normalized spacial score (nSPS) is 22.0. The van der Waals surface area contributed by atoms with E-state index in [0.29, 0.717) is 6.04 Å². The van der Waals surface area contributed by atoms with Crippen molar-refractivity contribution in [3.05, 3.63) is 27.2 Å². The van der Waals surface area contributed by atoms with Gasteiger partial charge in [-0.3, -0.25) is 0 Å². The Hall–Kier alpha value is -0.190. The van der Waals surface area contributed by atoms with Gasteiger partial charge in [0.1, 0.15) is 5.75 Å². The first-order valence-electron chi connectivity index (χ1n) is 6.59. The minimum absolute atomic E-state index is 0.462. The Balaban J connectivity index is 2.11. The number of hydrogen-bond acceptors (Lipinski definition) is 3. The van der Waals surface area contributed by atoms with E-state index in [9.17, 15) is 0 Å². The minimum Gasteiger partial charge on any atom is -0.493 e. The molecule has 1 aromatic carbocycles. The van der Waals surface area contributed by atoms with Crippen LogP contribution in [0.2, 0.25) is 0 Å². The van der Waals surface area contributed by atoms with E-state index in [0.717, 1.165) is 25.3 Å². The molecule has 0 radical (unpaired) electrons. The van der Waals surface area contributed by atoms with Crippen molar-refractivity contribution in [1.29, 1.82) is 0 Å². The fraction of sp³-hybridized carbons (Fsp3) is 0.571. The lowest BCUT2D eigenvalue weighted by Gasteiger charge is -2.21. The molecule has 98 valence electrons. The largest absolute Gasteiger partial charge is 0.493 e. The van der Waals surface area contributed by atoms with E-state index in [-0.39, 0.29) is 0 Å². The molecule has 2 aliphatic rings. The van der Waals surface area contributed by atoms with E-state index in [1.54, 1.807) is 0 Å². The Bertz CT molecular complexity index is 464. The van der Waals surface area contributed by atoms with Crippen LogP contribution < -0.4 is 10.1 Å². The fourth-order valence-electron chi connectivity index (χ4n) is 2.88. The van der Waals surface area contributed by atoms with E-state index in [1.165, 1.54) is 39.1 Å². The third-order valence-corrected chi connectivity index (χ3v) is 5.34. The highest BCUT2D eigenvalue weighted by Crippen LogP contribution is 2.44. The van der Waals surface area contributed by atoms with Crippen molar-refractivity contribution in [3.8, 4) is 5.75 Å². The van der Waals surface area contributed by atoms with Gasteiger partial charge in [-0.05, 0) is 35.9 Å². The van der Waals surface area contributed by atoms with E-state index in [2.05, 4.69) is 34.2 Å². The summed E-state index contributed by atoms with van der Waals surface area (Å²) in [6, 6.07) is 2.73. The molecule has 4 heteroatoms. The third kappa shape index (κ3) is 2.19. The summed E-state index contributed by atoms with van der Waals surface area (Å²) < 4.78 is 7.13. The second-order valence-corrected chi connectivity index (χ2v) is 6.75. The summed E-state index contributed by atoms with van der Waals surface area (Å²) in [7, 11) is 0. The van der Waals surface area contributed by atoms with Crippen LogP contribution in [0.4, 0.5) is 0 Å². The molecule has 0 amide bonds. The molecular formula is C14H18BrNOS. The molecular weight excluding hydrogens is 310 g/mol. The number of thioether (sulfide) groups is 1. The molecule has 2 nitrogen and oxygen atoms in total. The molecule has 1 atom stereocenters. The number of nitrogens with one attached hydrogen (secondary N) is 1. The predicted molar refractivity (Wildman–Crippen MR) is 80.5 cm³/mol. The van der Waals surface area contributed by atoms with E-state index in [1.807, 2.05) is 11.8 Å². The highest BCUT2D eigenvalue weighted by Gasteiger charge is 2.27. The zero-order valence-corrected chi connectivity index (χ0v) is 13.0. The Morgan fingerprint density at radius 2 is 2.44 bits per heavy atom. The van der Waals surface area contributed by atoms with Gasteiger partial charge in [0.2, 0.25) is 0 Å². The molecule has 0 saturated carbocycles. The van der Waals surface area contributed by atoms with Crippen molar-refractivity contribution in [2.24, 2.45) is 0 Å². The molecule has 2 aliphatic heterocycles. The third-order valence-electron chi connectivity index (χ3n) is 3.66. The second kappa shape index (κ2) is 5.43. The summed E-state index contributed by atoms with van der Waals surface area (Å²) in [6.45, 7) is 4.03. The smallest absolute Gasteiger partial charge is 0.127 e. The van der Waals surface area contributed by atoms with Crippen LogP contribution in [0.15, 0.2) is 10.5 Å². The monoisotopic (exact) mass is 327 g/mol. The maximum atomic E-state index is 5.87. The quantitative estimate of drug-likeness (QED) is 0.895. The average molecular weight is 328 g/mol. The molecule has 2 heterocycles. The van der Waals surface area contributed by atoms with E-state index >= 15 is 0 Å². The van der Waals surface area contributed by atoms with Crippen molar-refractivity contribution in [2.45, 2.75) is 31.6 Å². The summed E-state index contributed by atoms with van der Waals surface area (Å²) in [5.74, 6) is 3.47. The molecule has 1 N–H and O–H groups in total. The van der Waals surface area contributed by atoms with Gasteiger partial charge in [-0.2, -0.15) is 11.8 Å². The summed E-state index contributed by atoms with van der Waals surface area (Å²) in [4.78, 5) is 0. The van der Waals surface area contributed by atoms with Crippen LogP contribution in [-0.4, -0.2) is 18.9 Å². The molecule has 18 heavy (non-hydrogen) atoms. The van der Waals surface area contributed by atoms with Gasteiger partial charge in [0, 0.05) is 28.3 Å². The zero-order chi connectivity index (χ0) is 12.5. The number of halogens is 1. The van der Waals surface area contributed by atoms with Crippen molar-refractivity contribution >= 4 is 27.7 Å². The van der Waals surface area contributed by atoms with Crippen LogP contribution in [0.5, 0.6) is 5.75 Å². The first kappa shape index (κ1) is 12.8. The van der Waals surface area contributed by atoms with Crippen LogP contribution in [0.1, 0.15) is 36.1 Å². The molecule has 0 saturated heterocycles. The highest BCUT2D eigenvalue weighted by molar-refractivity contribution is 9.10. The van der Waals surface area contributed by atoms with E-state index < -0.39 is 0 Å². The Labute approximate surface area is 121 Å². The van der Waals surface area contributed by atoms with Gasteiger partial charge in [0.05, 0.1) is 6.61 Å². The fourth-order valence-corrected chi connectivity index (χ4v) is 4.70. The van der Waals surface area contributed by atoms with Gasteiger partial charge >= 0.3 is 0 Å². The van der Waals surface area contributed by atoms with Crippen LogP contribution >= 0.6 is 27.7 Å². The molecule has 3 rings (SSSR count). The van der Waals surface area contributed by atoms with Crippen LogP contribution in [0.25, 0.3) is 0 Å². The maximum Gasteiger partial charge on any atom is 0.127 e. The molecule has 0 aromatic heterocycles. The molecule has 1 unspecified atom stereocenters. The van der Waals surface area contributed by atoms with Crippen molar-refractivity contribution in [1.82, 2.24) is 5.32 Å². The van der Waals surface area contributed by atoms with Crippen LogP contribution in [0.3, 0.4) is 0 Å². The summed E-state index contributed by atoms with van der Waals surface area (Å²) in [5.41, 5.74) is 4.23. The lowest BCUT2D eigenvalue weighted by molar-refractivity contribution is 0.353. The topological polar surface area (TPSA) is 21.3 Å². The van der Waals surface area contributed by atoms with Crippen molar-refractivity contribution < 1.29 is 4.74 Å². The van der Waals surface area contributed by atoms with Gasteiger partial charge in [0.15, 0.2) is 0 Å². The maximum absolute atomic E-state index is 5.87. The second-order valence-electron chi connectivity index (χ2n) is 4.79. The number of ether oxygens (including phenoxy) is 1. The van der Waals surface area contributed by atoms with Gasteiger partial charge in [0.25, 0.3) is 0 Å². The Morgan fingerprint density at radius 1 is 1.56 bits per heavy atom. The van der Waals surface area contributed by atoms with Gasteiger partial charge in [-0.15, -0.1) is 0 Å². The molecule has 1 aromatic rings. The van der Waals surface area contributed by atoms with E-state index in [4.69, 9.17) is 4.74 Å². The number of benzene rings is 1. The van der Waals surface area contributed by atoms with Gasteiger partial charge in [-0.25, -0.2) is 0 Å². The highest BCUT2D eigenvalue weighted by atomic mass is 79.9. The summed E-state index contributed by atoms with van der Waals surface area (Å²) in [6.07, 6.45) is 2.25. The first-order valence-corrected chi connectivity index (χ1v) is 8.54. The Morgan fingerprint density at radius 3 is 3.28 bits per heavy atom. The lowest BCUT2D eigenvalue weighted by atomic mass is 9.96. The molecule has 0 spiro atoms. The standard InChI is InChI=1S/C14H18BrNOS/c1-2-16-12-4-6-18-8-10-13(12)11(15)7-9-3-5-17-14(9)10/h7,12,16H,2-6,8H2,1H3. The van der Waals surface area contributed by atoms with Crippen LogP contribution in [-0.2, 0) is 12.2 Å². The number of hydrogen-bond donors (Lipinski definition) is 1. The minimum atomic E-state index is 0.462. The van der Waals surface area contributed by atoms with Crippen LogP contribution in [0, 0.1) is 0 Å². The SMILES string of the molecule is CCNC1CCSCc2c3c(cc(Br)c21)CCO3. The summed E-state index contributed by atoms with van der Waals surface area (Å²) >= 11 is 5.80. The number of rotatable bonds is 2. The van der Waals surface area contributed by atoms with Crippen molar-refractivity contribution in [2.75, 3.05) is 18.9 Å². The molecule has 0 bridgehead atoms. The molecule has 0 aliphatic carbocycles.